The van der Waals surface area contributed by atoms with Crippen molar-refractivity contribution in [2.75, 3.05) is 6.61 Å². The van der Waals surface area contributed by atoms with Gasteiger partial charge in [0.25, 0.3) is 0 Å². The number of unbranched alkanes of at least 4 members (excludes halogenated alkanes) is 2. The molecule has 0 N–H and O–H groups in total. The number of hydrogen-bond acceptors (Lipinski definition) is 2. The van der Waals surface area contributed by atoms with Crippen molar-refractivity contribution in [1.29, 1.82) is 5.26 Å². The predicted octanol–water partition coefficient (Wildman–Crippen LogP) is 1.84. The van der Waals surface area contributed by atoms with Gasteiger partial charge in [0.05, 0.1) is 18.9 Å². The molecule has 0 aromatic heterocycles. The van der Waals surface area contributed by atoms with Crippen molar-refractivity contribution >= 4 is 0 Å². The minimum absolute atomic E-state index is 0.625. The summed E-state index contributed by atoms with van der Waals surface area (Å²) >= 11 is 0. The van der Waals surface area contributed by atoms with Crippen molar-refractivity contribution in [2.45, 2.75) is 19.3 Å². The average molecular weight is 125 g/mol. The Bertz CT molecular complexity index is 104. The van der Waals surface area contributed by atoms with E-state index in [1.165, 1.54) is 6.26 Å². The smallest absolute Gasteiger partial charge is 0.0873 e. The van der Waals surface area contributed by atoms with E-state index < -0.39 is 0 Å². The minimum atomic E-state index is 0.625. The fraction of sp³-hybridized carbons (Fsp3) is 0.571. The van der Waals surface area contributed by atoms with Gasteiger partial charge in [-0.3, -0.25) is 0 Å². The molecule has 0 heterocycles. The van der Waals surface area contributed by atoms with Gasteiger partial charge >= 0.3 is 0 Å². The van der Waals surface area contributed by atoms with E-state index in [4.69, 9.17) is 10.00 Å². The second-order valence-electron chi connectivity index (χ2n) is 1.65. The van der Waals surface area contributed by atoms with Crippen LogP contribution in [0.25, 0.3) is 0 Å². The summed E-state index contributed by atoms with van der Waals surface area (Å²) in [7, 11) is 0. The van der Waals surface area contributed by atoms with Gasteiger partial charge in [-0.15, -0.1) is 0 Å². The molecule has 0 aromatic rings. The summed E-state index contributed by atoms with van der Waals surface area (Å²) in [5.41, 5.74) is 0. The first-order chi connectivity index (χ1) is 4.41. The maximum atomic E-state index is 8.11. The summed E-state index contributed by atoms with van der Waals surface area (Å²) in [5.74, 6) is 0. The van der Waals surface area contributed by atoms with Gasteiger partial charge in [0.1, 0.15) is 0 Å². The average Bonchev–Trinajstić information content (AvgIpc) is 1.89. The molecule has 0 saturated carbocycles. The molecule has 0 bridgehead atoms. The third-order valence-electron chi connectivity index (χ3n) is 0.919. The molecule has 0 atom stereocenters. The van der Waals surface area contributed by atoms with E-state index in [0.29, 0.717) is 13.0 Å². The summed E-state index contributed by atoms with van der Waals surface area (Å²) in [4.78, 5) is 0. The molecule has 0 unspecified atom stereocenters. The molecular formula is C7H11NO. The highest BCUT2D eigenvalue weighted by atomic mass is 16.5. The Morgan fingerprint density at radius 1 is 1.56 bits per heavy atom. The Hall–Kier alpha value is -0.970. The highest BCUT2D eigenvalue weighted by Gasteiger charge is 1.84. The molecule has 0 aromatic carbocycles. The molecule has 0 aliphatic carbocycles. The van der Waals surface area contributed by atoms with Crippen LogP contribution in [0.3, 0.4) is 0 Å². The molecule has 0 aliphatic rings. The van der Waals surface area contributed by atoms with Crippen molar-refractivity contribution in [1.82, 2.24) is 0 Å². The predicted molar refractivity (Wildman–Crippen MR) is 35.6 cm³/mol. The molecule has 0 spiro atoms. The van der Waals surface area contributed by atoms with Crippen LogP contribution < -0.4 is 0 Å². The van der Waals surface area contributed by atoms with Crippen molar-refractivity contribution in [3.8, 4) is 6.07 Å². The quantitative estimate of drug-likeness (QED) is 0.415. The largest absolute Gasteiger partial charge is 0.502 e. The fourth-order valence-electron chi connectivity index (χ4n) is 0.473. The maximum absolute atomic E-state index is 8.11. The Kier molecular flexibility index (Phi) is 6.27. The highest BCUT2D eigenvalue weighted by molar-refractivity contribution is 4.67. The molecular weight excluding hydrogens is 114 g/mol. The Balaban J connectivity index is 2.76. The van der Waals surface area contributed by atoms with Crippen molar-refractivity contribution in [3.63, 3.8) is 0 Å². The van der Waals surface area contributed by atoms with Crippen LogP contribution >= 0.6 is 0 Å². The van der Waals surface area contributed by atoms with Gasteiger partial charge in [-0.05, 0) is 12.8 Å². The van der Waals surface area contributed by atoms with Gasteiger partial charge in [-0.25, -0.2) is 0 Å². The highest BCUT2D eigenvalue weighted by Crippen LogP contribution is 1.93. The summed E-state index contributed by atoms with van der Waals surface area (Å²) in [5, 5.41) is 8.11. The number of hydrogen-bond donors (Lipinski definition) is 0. The Morgan fingerprint density at radius 3 is 2.89 bits per heavy atom. The second-order valence-corrected chi connectivity index (χ2v) is 1.65. The Labute approximate surface area is 55.7 Å². The van der Waals surface area contributed by atoms with Gasteiger partial charge in [-0.2, -0.15) is 5.26 Å². The van der Waals surface area contributed by atoms with E-state index in [1.54, 1.807) is 0 Å². The lowest BCUT2D eigenvalue weighted by molar-refractivity contribution is 0.243. The van der Waals surface area contributed by atoms with Crippen LogP contribution in [0.5, 0.6) is 0 Å². The van der Waals surface area contributed by atoms with Crippen LogP contribution in [0.1, 0.15) is 19.3 Å². The van der Waals surface area contributed by atoms with Gasteiger partial charge in [0.15, 0.2) is 0 Å². The van der Waals surface area contributed by atoms with E-state index in [0.717, 1.165) is 12.8 Å². The fourth-order valence-corrected chi connectivity index (χ4v) is 0.473. The zero-order valence-corrected chi connectivity index (χ0v) is 5.47. The van der Waals surface area contributed by atoms with Crippen LogP contribution in [0, 0.1) is 11.3 Å². The molecule has 0 fully saturated rings. The van der Waals surface area contributed by atoms with Crippen LogP contribution in [0.15, 0.2) is 12.8 Å². The summed E-state index contributed by atoms with van der Waals surface area (Å²) < 4.78 is 4.83. The third-order valence-corrected chi connectivity index (χ3v) is 0.919. The first-order valence-corrected chi connectivity index (χ1v) is 3.01. The lowest BCUT2D eigenvalue weighted by Crippen LogP contribution is -1.85. The zero-order chi connectivity index (χ0) is 6.95. The summed E-state index contributed by atoms with van der Waals surface area (Å²) in [6, 6.07) is 2.06. The molecule has 9 heavy (non-hydrogen) atoms. The number of ether oxygens (including phenoxy) is 1. The molecule has 50 valence electrons. The van der Waals surface area contributed by atoms with Gasteiger partial charge in [-0.1, -0.05) is 6.58 Å². The molecule has 0 rings (SSSR count). The number of rotatable bonds is 5. The Morgan fingerprint density at radius 2 is 2.33 bits per heavy atom. The van der Waals surface area contributed by atoms with E-state index in [2.05, 4.69) is 12.6 Å². The van der Waals surface area contributed by atoms with Crippen LogP contribution in [-0.2, 0) is 4.74 Å². The summed E-state index contributed by atoms with van der Waals surface area (Å²) in [6.07, 6.45) is 3.91. The SMILES string of the molecule is C=COCCCCC#N. The third kappa shape index (κ3) is 7.03. The van der Waals surface area contributed by atoms with Crippen molar-refractivity contribution in [3.05, 3.63) is 12.8 Å². The minimum Gasteiger partial charge on any atom is -0.502 e. The van der Waals surface area contributed by atoms with Crippen LogP contribution in [0.2, 0.25) is 0 Å². The monoisotopic (exact) mass is 125 g/mol. The molecule has 2 nitrogen and oxygen atoms in total. The number of nitrogens with zero attached hydrogens (tertiary/aromatic N) is 1. The molecule has 0 radical (unpaired) electrons. The first-order valence-electron chi connectivity index (χ1n) is 3.01. The standard InChI is InChI=1S/C7H11NO/c1-2-9-7-5-3-4-6-8/h2H,1,3-5,7H2. The second kappa shape index (κ2) is 7.03. The van der Waals surface area contributed by atoms with Crippen LogP contribution in [0.4, 0.5) is 0 Å². The van der Waals surface area contributed by atoms with Crippen molar-refractivity contribution in [2.24, 2.45) is 0 Å². The molecule has 2 heteroatoms. The number of nitriles is 1. The van der Waals surface area contributed by atoms with Gasteiger partial charge in [0, 0.05) is 6.42 Å². The lowest BCUT2D eigenvalue weighted by atomic mass is 10.3. The van der Waals surface area contributed by atoms with Gasteiger partial charge < -0.3 is 4.74 Å². The van der Waals surface area contributed by atoms with E-state index in [1.807, 2.05) is 0 Å². The van der Waals surface area contributed by atoms with E-state index >= 15 is 0 Å². The van der Waals surface area contributed by atoms with Gasteiger partial charge in [0.2, 0.25) is 0 Å². The lowest BCUT2D eigenvalue weighted by Gasteiger charge is -1.95. The molecule has 0 aliphatic heterocycles. The summed E-state index contributed by atoms with van der Waals surface area (Å²) in [6.45, 7) is 4.08. The van der Waals surface area contributed by atoms with Crippen LogP contribution in [-0.4, -0.2) is 6.61 Å². The molecule has 0 saturated heterocycles. The normalized spacial score (nSPS) is 7.89. The maximum Gasteiger partial charge on any atom is 0.0873 e. The first kappa shape index (κ1) is 8.03. The van der Waals surface area contributed by atoms with Crippen molar-refractivity contribution < 1.29 is 4.74 Å². The topological polar surface area (TPSA) is 33.0 Å². The molecule has 0 amide bonds. The zero-order valence-electron chi connectivity index (χ0n) is 5.47. The van der Waals surface area contributed by atoms with E-state index in [9.17, 15) is 0 Å². The van der Waals surface area contributed by atoms with E-state index in [-0.39, 0.29) is 0 Å².